The van der Waals surface area contributed by atoms with E-state index in [0.29, 0.717) is 0 Å². The van der Waals surface area contributed by atoms with Crippen molar-refractivity contribution in [2.24, 2.45) is 0 Å². The van der Waals surface area contributed by atoms with E-state index in [2.05, 4.69) is 20.9 Å². The molecule has 0 saturated carbocycles. The largest absolute Gasteiger partial charge is 0.458 e. The van der Waals surface area contributed by atoms with Crippen molar-refractivity contribution in [2.75, 3.05) is 11.4 Å². The summed E-state index contributed by atoms with van der Waals surface area (Å²) in [7, 11) is 0. The van der Waals surface area contributed by atoms with E-state index in [-0.39, 0.29) is 12.0 Å². The molecule has 2 rings (SSSR count). The molecule has 2 heterocycles. The molecule has 0 radical (unpaired) electrons. The number of carbonyl (C=O) groups is 1. The first-order valence-corrected chi connectivity index (χ1v) is 7.27. The summed E-state index contributed by atoms with van der Waals surface area (Å²) in [6, 6.07) is 3.65. The Kier molecular flexibility index (Phi) is 4.13. The number of halogens is 1. The SMILES string of the molecule is CC(C)(C)OC(=O)C1CCCN1c1ccc(Br)cn1. The minimum Gasteiger partial charge on any atom is -0.458 e. The Bertz CT molecular complexity index is 454. The lowest BCUT2D eigenvalue weighted by Crippen LogP contribution is -2.40. The minimum atomic E-state index is -0.446. The molecule has 0 spiro atoms. The molecular weight excluding hydrogens is 308 g/mol. The number of anilines is 1. The lowest BCUT2D eigenvalue weighted by atomic mass is 10.1. The summed E-state index contributed by atoms with van der Waals surface area (Å²) in [5.74, 6) is 0.672. The number of nitrogens with zero attached hydrogens (tertiary/aromatic N) is 2. The highest BCUT2D eigenvalue weighted by Crippen LogP contribution is 2.26. The van der Waals surface area contributed by atoms with Gasteiger partial charge in [-0.05, 0) is 61.7 Å². The molecule has 19 heavy (non-hydrogen) atoms. The van der Waals surface area contributed by atoms with Crippen LogP contribution in [-0.4, -0.2) is 29.1 Å². The Hall–Kier alpha value is -1.10. The van der Waals surface area contributed by atoms with Gasteiger partial charge < -0.3 is 9.64 Å². The van der Waals surface area contributed by atoms with E-state index >= 15 is 0 Å². The number of carbonyl (C=O) groups excluding carboxylic acids is 1. The normalized spacial score (nSPS) is 19.6. The van der Waals surface area contributed by atoms with Gasteiger partial charge in [0, 0.05) is 17.2 Å². The van der Waals surface area contributed by atoms with Gasteiger partial charge in [0.1, 0.15) is 17.5 Å². The van der Waals surface area contributed by atoms with Gasteiger partial charge in [0.15, 0.2) is 0 Å². The van der Waals surface area contributed by atoms with Crippen LogP contribution in [0.1, 0.15) is 33.6 Å². The summed E-state index contributed by atoms with van der Waals surface area (Å²) in [5.41, 5.74) is -0.446. The fourth-order valence-corrected chi connectivity index (χ4v) is 2.43. The van der Waals surface area contributed by atoms with Gasteiger partial charge in [-0.15, -0.1) is 0 Å². The molecule has 1 unspecified atom stereocenters. The first kappa shape index (κ1) is 14.3. The Morgan fingerprint density at radius 3 is 2.79 bits per heavy atom. The third kappa shape index (κ3) is 3.69. The van der Waals surface area contributed by atoms with Crippen molar-refractivity contribution in [1.29, 1.82) is 0 Å². The zero-order chi connectivity index (χ0) is 14.0. The summed E-state index contributed by atoms with van der Waals surface area (Å²) in [5, 5.41) is 0. The van der Waals surface area contributed by atoms with Crippen LogP contribution in [0.3, 0.4) is 0 Å². The van der Waals surface area contributed by atoms with Crippen LogP contribution in [0.15, 0.2) is 22.8 Å². The fourth-order valence-electron chi connectivity index (χ4n) is 2.19. The summed E-state index contributed by atoms with van der Waals surface area (Å²) < 4.78 is 6.41. The molecule has 4 nitrogen and oxygen atoms in total. The average Bonchev–Trinajstić information content (AvgIpc) is 2.76. The van der Waals surface area contributed by atoms with Gasteiger partial charge >= 0.3 is 5.97 Å². The predicted octanol–water partition coefficient (Wildman–Crippen LogP) is 3.15. The van der Waals surface area contributed by atoms with Crippen LogP contribution in [0.4, 0.5) is 5.82 Å². The maximum Gasteiger partial charge on any atom is 0.329 e. The van der Waals surface area contributed by atoms with Crippen molar-refractivity contribution in [1.82, 2.24) is 4.98 Å². The van der Waals surface area contributed by atoms with Crippen LogP contribution in [0.2, 0.25) is 0 Å². The fraction of sp³-hybridized carbons (Fsp3) is 0.571. The number of esters is 1. The van der Waals surface area contributed by atoms with Crippen LogP contribution in [0.5, 0.6) is 0 Å². The molecule has 1 aromatic rings. The lowest BCUT2D eigenvalue weighted by molar-refractivity contribution is -0.156. The van der Waals surface area contributed by atoms with Crippen molar-refractivity contribution in [3.63, 3.8) is 0 Å². The molecular formula is C14H19BrN2O2. The molecule has 0 aromatic carbocycles. The molecule has 1 fully saturated rings. The first-order valence-electron chi connectivity index (χ1n) is 6.48. The maximum absolute atomic E-state index is 12.2. The first-order chi connectivity index (χ1) is 8.87. The zero-order valence-electron chi connectivity index (χ0n) is 11.5. The summed E-state index contributed by atoms with van der Waals surface area (Å²) >= 11 is 3.37. The topological polar surface area (TPSA) is 42.4 Å². The highest BCUT2D eigenvalue weighted by Gasteiger charge is 2.34. The molecule has 1 saturated heterocycles. The third-order valence-electron chi connectivity index (χ3n) is 2.94. The molecule has 0 amide bonds. The van der Waals surface area contributed by atoms with E-state index < -0.39 is 5.60 Å². The quantitative estimate of drug-likeness (QED) is 0.783. The molecule has 0 N–H and O–H groups in total. The predicted molar refractivity (Wildman–Crippen MR) is 78.2 cm³/mol. The zero-order valence-corrected chi connectivity index (χ0v) is 13.1. The number of hydrogen-bond acceptors (Lipinski definition) is 4. The Labute approximate surface area is 122 Å². The van der Waals surface area contributed by atoms with Gasteiger partial charge in [0.05, 0.1) is 0 Å². The van der Waals surface area contributed by atoms with E-state index in [9.17, 15) is 4.79 Å². The van der Waals surface area contributed by atoms with Gasteiger partial charge in [-0.25, -0.2) is 9.78 Å². The Morgan fingerprint density at radius 2 is 2.21 bits per heavy atom. The second kappa shape index (κ2) is 5.49. The second-order valence-corrected chi connectivity index (χ2v) is 6.64. The van der Waals surface area contributed by atoms with Gasteiger partial charge in [0.2, 0.25) is 0 Å². The third-order valence-corrected chi connectivity index (χ3v) is 3.41. The van der Waals surface area contributed by atoms with E-state index in [4.69, 9.17) is 4.74 Å². The number of aromatic nitrogens is 1. The van der Waals surface area contributed by atoms with Crippen molar-refractivity contribution in [3.05, 3.63) is 22.8 Å². The lowest BCUT2D eigenvalue weighted by Gasteiger charge is -2.28. The molecule has 1 aromatic heterocycles. The molecule has 0 aliphatic carbocycles. The monoisotopic (exact) mass is 326 g/mol. The van der Waals surface area contributed by atoms with Gasteiger partial charge in [0.25, 0.3) is 0 Å². The van der Waals surface area contributed by atoms with Crippen LogP contribution < -0.4 is 4.90 Å². The number of ether oxygens (including phenoxy) is 1. The molecule has 1 aliphatic heterocycles. The average molecular weight is 327 g/mol. The van der Waals surface area contributed by atoms with Crippen molar-refractivity contribution in [2.45, 2.75) is 45.3 Å². The summed E-state index contributed by atoms with van der Waals surface area (Å²) in [6.07, 6.45) is 3.56. The molecule has 1 aliphatic rings. The van der Waals surface area contributed by atoms with Crippen molar-refractivity contribution < 1.29 is 9.53 Å². The Balaban J connectivity index is 2.12. The molecule has 1 atom stereocenters. The van der Waals surface area contributed by atoms with Crippen LogP contribution in [0.25, 0.3) is 0 Å². The van der Waals surface area contributed by atoms with Gasteiger partial charge in [-0.3, -0.25) is 0 Å². The standard InChI is InChI=1S/C14H19BrN2O2/c1-14(2,3)19-13(18)11-5-4-8-17(11)12-7-6-10(15)9-16-12/h6-7,9,11H,4-5,8H2,1-3H3. The summed E-state index contributed by atoms with van der Waals surface area (Å²) in [4.78, 5) is 18.6. The van der Waals surface area contributed by atoms with E-state index in [0.717, 1.165) is 29.7 Å². The summed E-state index contributed by atoms with van der Waals surface area (Å²) in [6.45, 7) is 6.52. The molecule has 5 heteroatoms. The van der Waals surface area contributed by atoms with Crippen molar-refractivity contribution in [3.8, 4) is 0 Å². The van der Waals surface area contributed by atoms with E-state index in [1.54, 1.807) is 6.20 Å². The van der Waals surface area contributed by atoms with Gasteiger partial charge in [-0.1, -0.05) is 0 Å². The van der Waals surface area contributed by atoms with E-state index in [1.165, 1.54) is 0 Å². The Morgan fingerprint density at radius 1 is 1.47 bits per heavy atom. The van der Waals surface area contributed by atoms with E-state index in [1.807, 2.05) is 37.8 Å². The number of pyridine rings is 1. The van der Waals surface area contributed by atoms with Crippen LogP contribution >= 0.6 is 15.9 Å². The van der Waals surface area contributed by atoms with Crippen LogP contribution in [-0.2, 0) is 9.53 Å². The smallest absolute Gasteiger partial charge is 0.329 e. The van der Waals surface area contributed by atoms with Crippen LogP contribution in [0, 0.1) is 0 Å². The number of rotatable bonds is 2. The van der Waals surface area contributed by atoms with Crippen molar-refractivity contribution >= 4 is 27.7 Å². The highest BCUT2D eigenvalue weighted by atomic mass is 79.9. The molecule has 0 bridgehead atoms. The number of hydrogen-bond donors (Lipinski definition) is 0. The van der Waals surface area contributed by atoms with Gasteiger partial charge in [-0.2, -0.15) is 0 Å². The minimum absolute atomic E-state index is 0.158. The molecule has 104 valence electrons. The maximum atomic E-state index is 12.2. The second-order valence-electron chi connectivity index (χ2n) is 5.72. The highest BCUT2D eigenvalue weighted by molar-refractivity contribution is 9.10.